The number of amides is 1. The van der Waals surface area contributed by atoms with Gasteiger partial charge in [-0.3, -0.25) is 4.79 Å². The van der Waals surface area contributed by atoms with Crippen LogP contribution in [-0.2, 0) is 4.79 Å². The lowest BCUT2D eigenvalue weighted by molar-refractivity contribution is -0.126. The largest absolute Gasteiger partial charge is 0.355 e. The van der Waals surface area contributed by atoms with Gasteiger partial charge in [-0.05, 0) is 50.1 Å². The summed E-state index contributed by atoms with van der Waals surface area (Å²) in [4.78, 5) is 12.2. The molecule has 0 aromatic carbocycles. The van der Waals surface area contributed by atoms with Crippen molar-refractivity contribution in [1.29, 1.82) is 0 Å². The molecular weight excluding hydrogens is 226 g/mol. The van der Waals surface area contributed by atoms with Gasteiger partial charge in [0.2, 0.25) is 5.91 Å². The maximum Gasteiger partial charge on any atom is 0.223 e. The first-order valence-corrected chi connectivity index (χ1v) is 7.33. The lowest BCUT2D eigenvalue weighted by Gasteiger charge is -2.34. The van der Waals surface area contributed by atoms with E-state index in [1.165, 1.54) is 12.8 Å². The van der Waals surface area contributed by atoms with E-state index >= 15 is 0 Å². The van der Waals surface area contributed by atoms with E-state index in [1.807, 2.05) is 0 Å². The van der Waals surface area contributed by atoms with Crippen molar-refractivity contribution in [2.24, 2.45) is 23.0 Å². The molecule has 4 N–H and O–H groups in total. The fourth-order valence-electron chi connectivity index (χ4n) is 3.37. The van der Waals surface area contributed by atoms with Gasteiger partial charge >= 0.3 is 0 Å². The second-order valence-corrected chi connectivity index (χ2v) is 6.34. The van der Waals surface area contributed by atoms with E-state index < -0.39 is 0 Å². The molecule has 1 saturated heterocycles. The van der Waals surface area contributed by atoms with Gasteiger partial charge in [-0.1, -0.05) is 13.3 Å². The van der Waals surface area contributed by atoms with E-state index in [2.05, 4.69) is 17.6 Å². The maximum absolute atomic E-state index is 12.2. The van der Waals surface area contributed by atoms with Crippen molar-refractivity contribution in [3.05, 3.63) is 0 Å². The third-order valence-corrected chi connectivity index (χ3v) is 4.67. The highest BCUT2D eigenvalue weighted by Gasteiger charge is 2.33. The van der Waals surface area contributed by atoms with Crippen molar-refractivity contribution >= 4 is 5.91 Å². The lowest BCUT2D eigenvalue weighted by Crippen LogP contribution is -2.47. The van der Waals surface area contributed by atoms with E-state index in [9.17, 15) is 4.79 Å². The fourth-order valence-corrected chi connectivity index (χ4v) is 3.37. The maximum atomic E-state index is 12.2. The van der Waals surface area contributed by atoms with Crippen LogP contribution in [0.15, 0.2) is 0 Å². The molecule has 1 heterocycles. The minimum atomic E-state index is 0.162. The lowest BCUT2D eigenvalue weighted by atomic mass is 9.82. The van der Waals surface area contributed by atoms with Gasteiger partial charge in [0.05, 0.1) is 0 Å². The second kappa shape index (κ2) is 6.02. The SMILES string of the molecule is CC1(CNC(=O)[C@@H]2CCC[C@@H]2CN)CCCNC1. The summed E-state index contributed by atoms with van der Waals surface area (Å²) in [6, 6.07) is 0. The molecule has 0 aromatic heterocycles. The Bertz CT molecular complexity index is 287. The molecule has 1 aliphatic carbocycles. The molecule has 4 heteroatoms. The Morgan fingerprint density at radius 3 is 2.94 bits per heavy atom. The molecule has 0 bridgehead atoms. The first-order valence-electron chi connectivity index (χ1n) is 7.33. The Labute approximate surface area is 110 Å². The molecule has 1 unspecified atom stereocenters. The highest BCUT2D eigenvalue weighted by molar-refractivity contribution is 5.79. The molecule has 2 aliphatic rings. The molecule has 1 saturated carbocycles. The van der Waals surface area contributed by atoms with Gasteiger partial charge in [0, 0.05) is 19.0 Å². The molecule has 1 amide bonds. The smallest absolute Gasteiger partial charge is 0.223 e. The minimum absolute atomic E-state index is 0.162. The Morgan fingerprint density at radius 2 is 2.28 bits per heavy atom. The van der Waals surface area contributed by atoms with E-state index in [1.54, 1.807) is 0 Å². The van der Waals surface area contributed by atoms with E-state index in [4.69, 9.17) is 5.73 Å². The predicted molar refractivity (Wildman–Crippen MR) is 73.1 cm³/mol. The summed E-state index contributed by atoms with van der Waals surface area (Å²) in [6.07, 6.45) is 5.70. The summed E-state index contributed by atoms with van der Waals surface area (Å²) >= 11 is 0. The topological polar surface area (TPSA) is 67.2 Å². The van der Waals surface area contributed by atoms with Gasteiger partial charge in [-0.15, -0.1) is 0 Å². The van der Waals surface area contributed by atoms with Crippen molar-refractivity contribution in [2.75, 3.05) is 26.2 Å². The molecule has 0 aromatic rings. The van der Waals surface area contributed by atoms with Crippen molar-refractivity contribution in [2.45, 2.75) is 39.0 Å². The molecular formula is C14H27N3O. The number of hydrogen-bond acceptors (Lipinski definition) is 3. The van der Waals surface area contributed by atoms with E-state index in [-0.39, 0.29) is 17.2 Å². The fraction of sp³-hybridized carbons (Fsp3) is 0.929. The van der Waals surface area contributed by atoms with Gasteiger partial charge in [-0.25, -0.2) is 0 Å². The van der Waals surface area contributed by atoms with Gasteiger partial charge in [0.15, 0.2) is 0 Å². The van der Waals surface area contributed by atoms with Crippen LogP contribution in [0.5, 0.6) is 0 Å². The molecule has 2 fully saturated rings. The van der Waals surface area contributed by atoms with Gasteiger partial charge < -0.3 is 16.4 Å². The third kappa shape index (κ3) is 3.23. The molecule has 2 rings (SSSR count). The highest BCUT2D eigenvalue weighted by Crippen LogP contribution is 2.31. The molecule has 18 heavy (non-hydrogen) atoms. The average molecular weight is 253 g/mol. The Balaban J connectivity index is 1.80. The van der Waals surface area contributed by atoms with Crippen LogP contribution in [0, 0.1) is 17.3 Å². The Hall–Kier alpha value is -0.610. The number of carbonyl (C=O) groups excluding carboxylic acids is 1. The Morgan fingerprint density at radius 1 is 1.44 bits per heavy atom. The number of rotatable bonds is 4. The van der Waals surface area contributed by atoms with Crippen molar-refractivity contribution in [3.8, 4) is 0 Å². The van der Waals surface area contributed by atoms with E-state index in [0.29, 0.717) is 12.5 Å². The molecule has 4 nitrogen and oxygen atoms in total. The number of nitrogens with two attached hydrogens (primary N) is 1. The number of piperidine rings is 1. The average Bonchev–Trinajstić information content (AvgIpc) is 2.85. The minimum Gasteiger partial charge on any atom is -0.355 e. The summed E-state index contributed by atoms with van der Waals surface area (Å²) in [5, 5.41) is 6.58. The van der Waals surface area contributed by atoms with Crippen molar-refractivity contribution < 1.29 is 4.79 Å². The van der Waals surface area contributed by atoms with Crippen LogP contribution in [-0.4, -0.2) is 32.1 Å². The number of nitrogens with one attached hydrogen (secondary N) is 2. The van der Waals surface area contributed by atoms with Crippen LogP contribution >= 0.6 is 0 Å². The summed E-state index contributed by atoms with van der Waals surface area (Å²) in [6.45, 7) is 5.83. The molecule has 104 valence electrons. The summed E-state index contributed by atoms with van der Waals surface area (Å²) in [5.41, 5.74) is 5.96. The summed E-state index contributed by atoms with van der Waals surface area (Å²) in [5.74, 6) is 0.798. The predicted octanol–water partition coefficient (Wildman–Crippen LogP) is 0.867. The zero-order chi connectivity index (χ0) is 13.0. The van der Waals surface area contributed by atoms with Gasteiger partial charge in [-0.2, -0.15) is 0 Å². The van der Waals surface area contributed by atoms with Crippen LogP contribution in [0.1, 0.15) is 39.0 Å². The van der Waals surface area contributed by atoms with Crippen LogP contribution in [0.2, 0.25) is 0 Å². The zero-order valence-electron chi connectivity index (χ0n) is 11.5. The molecule has 3 atom stereocenters. The van der Waals surface area contributed by atoms with Crippen LogP contribution < -0.4 is 16.4 Å². The van der Waals surface area contributed by atoms with Crippen molar-refractivity contribution in [3.63, 3.8) is 0 Å². The first kappa shape index (κ1) is 13.8. The van der Waals surface area contributed by atoms with Crippen LogP contribution in [0.25, 0.3) is 0 Å². The third-order valence-electron chi connectivity index (χ3n) is 4.67. The first-order chi connectivity index (χ1) is 8.64. The number of carbonyl (C=O) groups is 1. The monoisotopic (exact) mass is 253 g/mol. The van der Waals surface area contributed by atoms with Crippen molar-refractivity contribution in [1.82, 2.24) is 10.6 Å². The summed E-state index contributed by atoms with van der Waals surface area (Å²) in [7, 11) is 0. The van der Waals surface area contributed by atoms with Crippen LogP contribution in [0.4, 0.5) is 0 Å². The molecule has 0 radical (unpaired) electrons. The molecule has 0 spiro atoms. The Kier molecular flexibility index (Phi) is 4.62. The second-order valence-electron chi connectivity index (χ2n) is 6.34. The van der Waals surface area contributed by atoms with Gasteiger partial charge in [0.1, 0.15) is 0 Å². The van der Waals surface area contributed by atoms with Crippen LogP contribution in [0.3, 0.4) is 0 Å². The number of hydrogen-bond donors (Lipinski definition) is 3. The summed E-state index contributed by atoms with van der Waals surface area (Å²) < 4.78 is 0. The zero-order valence-corrected chi connectivity index (χ0v) is 11.5. The highest BCUT2D eigenvalue weighted by atomic mass is 16.1. The normalized spacial score (nSPS) is 36.6. The van der Waals surface area contributed by atoms with Gasteiger partial charge in [0.25, 0.3) is 0 Å². The quantitative estimate of drug-likeness (QED) is 0.696. The van der Waals surface area contributed by atoms with E-state index in [0.717, 1.165) is 38.9 Å². The standard InChI is InChI=1S/C14H27N3O/c1-14(6-3-7-16-9-14)10-17-13(18)12-5-2-4-11(12)8-15/h11-12,16H,2-10,15H2,1H3,(H,17,18)/t11-,12-,14?/m1/s1. The molecule has 1 aliphatic heterocycles.